The van der Waals surface area contributed by atoms with Crippen LogP contribution in [0.2, 0.25) is 0 Å². The van der Waals surface area contributed by atoms with Crippen LogP contribution in [0.1, 0.15) is 0 Å². The summed E-state index contributed by atoms with van der Waals surface area (Å²) in [5, 5.41) is 0.725. The Hall–Kier alpha value is -4.37. The largest absolute Gasteiger partial charge is 0.438 e. The summed E-state index contributed by atoms with van der Waals surface area (Å²) in [5.41, 5.74) is 1.81. The Balaban J connectivity index is 1.46. The number of sulfonamides is 1. The van der Waals surface area contributed by atoms with E-state index < -0.39 is 20.7 Å². The fourth-order valence-electron chi connectivity index (χ4n) is 3.53. The van der Waals surface area contributed by atoms with Crippen LogP contribution in [0.15, 0.2) is 102 Å². The van der Waals surface area contributed by atoms with Crippen molar-refractivity contribution in [1.82, 2.24) is 15.0 Å². The Morgan fingerprint density at radius 3 is 2.34 bits per heavy atom. The second-order valence-electron chi connectivity index (χ2n) is 7.61. The molecule has 5 rings (SSSR count). The summed E-state index contributed by atoms with van der Waals surface area (Å²) in [5.74, 6) is 0.472. The lowest BCUT2D eigenvalue weighted by atomic mass is 10.2. The lowest BCUT2D eigenvalue weighted by Gasteiger charge is -2.20. The molecule has 2 heterocycles. The van der Waals surface area contributed by atoms with Crippen molar-refractivity contribution in [3.05, 3.63) is 103 Å². The molecule has 2 aromatic heterocycles. The highest BCUT2D eigenvalue weighted by molar-refractivity contribution is 7.92. The standard InChI is InChI=1S/C26H19FN4O3S/c1-31(35(32,33)24-11-5-3-9-22(24)27)19-12-14-20(15-13-19)34-26-21-8-2-4-10-23(21)29-25(30-26)18-7-6-16-28-17-18/h2-17H,1H3. The van der Waals surface area contributed by atoms with Gasteiger partial charge in [0, 0.05) is 25.0 Å². The molecule has 0 N–H and O–H groups in total. The SMILES string of the molecule is CN(c1ccc(Oc2nc(-c3cccnc3)nc3ccccc23)cc1)S(=O)(=O)c1ccccc1F. The van der Waals surface area contributed by atoms with Crippen molar-refractivity contribution in [1.29, 1.82) is 0 Å². The van der Waals surface area contributed by atoms with Gasteiger partial charge in [0.15, 0.2) is 5.82 Å². The van der Waals surface area contributed by atoms with Gasteiger partial charge >= 0.3 is 0 Å². The van der Waals surface area contributed by atoms with Gasteiger partial charge in [-0.3, -0.25) is 9.29 Å². The third-order valence-electron chi connectivity index (χ3n) is 5.38. The van der Waals surface area contributed by atoms with Crippen LogP contribution in [0.25, 0.3) is 22.3 Å². The summed E-state index contributed by atoms with van der Waals surface area (Å²) in [6.07, 6.45) is 3.35. The van der Waals surface area contributed by atoms with Gasteiger partial charge in [-0.05, 0) is 60.7 Å². The third kappa shape index (κ3) is 4.41. The first kappa shape index (κ1) is 22.4. The van der Waals surface area contributed by atoms with E-state index in [2.05, 4.69) is 15.0 Å². The molecule has 9 heteroatoms. The Bertz CT molecular complexity index is 1610. The lowest BCUT2D eigenvalue weighted by Crippen LogP contribution is -2.27. The Morgan fingerprint density at radius 1 is 0.857 bits per heavy atom. The Labute approximate surface area is 201 Å². The Kier molecular flexibility index (Phi) is 5.84. The zero-order chi connectivity index (χ0) is 24.4. The number of para-hydroxylation sites is 1. The van der Waals surface area contributed by atoms with E-state index in [1.54, 1.807) is 42.7 Å². The molecule has 0 spiro atoms. The number of aromatic nitrogens is 3. The van der Waals surface area contributed by atoms with Gasteiger partial charge in [-0.25, -0.2) is 17.8 Å². The summed E-state index contributed by atoms with van der Waals surface area (Å²) in [4.78, 5) is 12.9. The number of benzene rings is 3. The monoisotopic (exact) mass is 486 g/mol. The van der Waals surface area contributed by atoms with Crippen molar-refractivity contribution in [2.45, 2.75) is 4.90 Å². The first-order valence-corrected chi connectivity index (χ1v) is 12.1. The van der Waals surface area contributed by atoms with Gasteiger partial charge in [-0.2, -0.15) is 4.98 Å². The molecule has 0 radical (unpaired) electrons. The predicted molar refractivity (Wildman–Crippen MR) is 131 cm³/mol. The van der Waals surface area contributed by atoms with Gasteiger partial charge in [0.05, 0.1) is 16.6 Å². The van der Waals surface area contributed by atoms with E-state index in [0.717, 1.165) is 21.3 Å². The van der Waals surface area contributed by atoms with E-state index in [9.17, 15) is 12.8 Å². The summed E-state index contributed by atoms with van der Waals surface area (Å²) in [7, 11) is -2.70. The fourth-order valence-corrected chi connectivity index (χ4v) is 4.78. The maximum absolute atomic E-state index is 14.1. The highest BCUT2D eigenvalue weighted by Gasteiger charge is 2.24. The summed E-state index contributed by atoms with van der Waals surface area (Å²) in [6.45, 7) is 0. The minimum absolute atomic E-state index is 0.351. The minimum atomic E-state index is -4.07. The molecule has 0 fully saturated rings. The van der Waals surface area contributed by atoms with Crippen LogP contribution < -0.4 is 9.04 Å². The number of rotatable bonds is 6. The second-order valence-corrected chi connectivity index (χ2v) is 9.55. The average Bonchev–Trinajstić information content (AvgIpc) is 2.89. The molecule has 174 valence electrons. The molecule has 0 atom stereocenters. The van der Waals surface area contributed by atoms with Gasteiger partial charge in [0.25, 0.3) is 10.0 Å². The van der Waals surface area contributed by atoms with Crippen LogP contribution in [0, 0.1) is 5.82 Å². The van der Waals surface area contributed by atoms with Crippen LogP contribution in [0.5, 0.6) is 11.6 Å². The summed E-state index contributed by atoms with van der Waals surface area (Å²) >= 11 is 0. The maximum atomic E-state index is 14.1. The highest BCUT2D eigenvalue weighted by Crippen LogP contribution is 2.31. The van der Waals surface area contributed by atoms with E-state index in [-0.39, 0.29) is 0 Å². The van der Waals surface area contributed by atoms with E-state index in [1.165, 1.54) is 25.2 Å². The topological polar surface area (TPSA) is 85.3 Å². The van der Waals surface area contributed by atoms with Crippen molar-refractivity contribution in [3.8, 4) is 23.0 Å². The van der Waals surface area contributed by atoms with Crippen molar-refractivity contribution in [2.75, 3.05) is 11.4 Å². The quantitative estimate of drug-likeness (QED) is 0.317. The molecule has 0 unspecified atom stereocenters. The number of ether oxygens (including phenoxy) is 1. The highest BCUT2D eigenvalue weighted by atomic mass is 32.2. The lowest BCUT2D eigenvalue weighted by molar-refractivity contribution is 0.469. The number of hydrogen-bond donors (Lipinski definition) is 0. The van der Waals surface area contributed by atoms with Crippen LogP contribution in [-0.4, -0.2) is 30.4 Å². The number of fused-ring (bicyclic) bond motifs is 1. The van der Waals surface area contributed by atoms with Gasteiger partial charge in [-0.1, -0.05) is 24.3 Å². The van der Waals surface area contributed by atoms with Crippen LogP contribution in [0.3, 0.4) is 0 Å². The molecule has 0 amide bonds. The van der Waals surface area contributed by atoms with E-state index >= 15 is 0 Å². The van der Waals surface area contributed by atoms with E-state index in [1.807, 2.05) is 30.3 Å². The third-order valence-corrected chi connectivity index (χ3v) is 7.20. The number of anilines is 1. The number of halogens is 1. The smallest absolute Gasteiger partial charge is 0.266 e. The zero-order valence-corrected chi connectivity index (χ0v) is 19.4. The molecule has 0 saturated carbocycles. The predicted octanol–water partition coefficient (Wildman–Crippen LogP) is 5.45. The molecule has 5 aromatic rings. The van der Waals surface area contributed by atoms with Gasteiger partial charge in [0.2, 0.25) is 5.88 Å². The van der Waals surface area contributed by atoms with Gasteiger partial charge in [-0.15, -0.1) is 0 Å². The number of pyridine rings is 1. The normalized spacial score (nSPS) is 11.4. The zero-order valence-electron chi connectivity index (χ0n) is 18.5. The molecule has 3 aromatic carbocycles. The average molecular weight is 487 g/mol. The van der Waals surface area contributed by atoms with Gasteiger partial charge in [0.1, 0.15) is 16.5 Å². The molecule has 35 heavy (non-hydrogen) atoms. The molecular weight excluding hydrogens is 467 g/mol. The molecule has 0 bridgehead atoms. The van der Waals surface area contributed by atoms with Crippen LogP contribution >= 0.6 is 0 Å². The van der Waals surface area contributed by atoms with E-state index in [0.29, 0.717) is 28.7 Å². The number of hydrogen-bond acceptors (Lipinski definition) is 6. The molecule has 7 nitrogen and oxygen atoms in total. The van der Waals surface area contributed by atoms with Crippen molar-refractivity contribution in [2.24, 2.45) is 0 Å². The fraction of sp³-hybridized carbons (Fsp3) is 0.0385. The summed E-state index contributed by atoms with van der Waals surface area (Å²) in [6, 6.07) is 22.8. The minimum Gasteiger partial charge on any atom is -0.438 e. The maximum Gasteiger partial charge on any atom is 0.266 e. The molecule has 0 aliphatic rings. The first-order chi connectivity index (χ1) is 16.9. The molecule has 0 aliphatic carbocycles. The molecule has 0 saturated heterocycles. The van der Waals surface area contributed by atoms with Crippen molar-refractivity contribution >= 4 is 26.6 Å². The van der Waals surface area contributed by atoms with E-state index in [4.69, 9.17) is 4.74 Å². The van der Waals surface area contributed by atoms with Crippen LogP contribution in [0.4, 0.5) is 10.1 Å². The molecule has 0 aliphatic heterocycles. The Morgan fingerprint density at radius 2 is 1.60 bits per heavy atom. The first-order valence-electron chi connectivity index (χ1n) is 10.6. The van der Waals surface area contributed by atoms with Crippen molar-refractivity contribution < 1.29 is 17.5 Å². The molecular formula is C26H19FN4O3S. The second kappa shape index (κ2) is 9.11. The summed E-state index contributed by atoms with van der Waals surface area (Å²) < 4.78 is 47.0. The van der Waals surface area contributed by atoms with Gasteiger partial charge < -0.3 is 4.74 Å². The van der Waals surface area contributed by atoms with Crippen molar-refractivity contribution in [3.63, 3.8) is 0 Å². The number of nitrogens with zero attached hydrogens (tertiary/aromatic N) is 4. The van der Waals surface area contributed by atoms with Crippen LogP contribution in [-0.2, 0) is 10.0 Å².